The molecule has 316 valence electrons. The molecule has 3 aliphatic heterocycles. The zero-order valence-corrected chi connectivity index (χ0v) is 36.8. The smallest absolute Gasteiger partial charge is 0.328 e. The summed E-state index contributed by atoms with van der Waals surface area (Å²) in [5, 5.41) is 14.9. The Bertz CT molecular complexity index is 1730. The third kappa shape index (κ3) is 11.8. The van der Waals surface area contributed by atoms with Crippen molar-refractivity contribution in [1.82, 2.24) is 10.2 Å². The summed E-state index contributed by atoms with van der Waals surface area (Å²) < 4.78 is 23.9. The Kier molecular flexibility index (Phi) is 16.6. The van der Waals surface area contributed by atoms with Gasteiger partial charge in [-0.3, -0.25) is 19.2 Å². The molecule has 2 N–H and O–H groups in total. The minimum absolute atomic E-state index is 0.00999. The average molecular weight is 853 g/mol. The number of nitrogens with one attached hydrogen (secondary N) is 1. The quantitative estimate of drug-likeness (QED) is 0.120. The molecule has 4 rings (SSSR count). The second kappa shape index (κ2) is 20.3. The maximum atomic E-state index is 14.2. The SMILES string of the molecule is CNC(=O)CCCSSCCC(=O)N(C)[C@@H](C)C(=O)O[C@H]1CC(=O)N(C)c2cc(cc(C)c2Cl)C/C(C)=C/C=C/[C@@H](OC)[C@]2(O)CC(=O)O[C@@H](C2)[C@@H](C)[C@@H]2O[C@@]12C. The van der Waals surface area contributed by atoms with E-state index in [1.54, 1.807) is 50.9 Å². The van der Waals surface area contributed by atoms with E-state index in [0.717, 1.165) is 28.9 Å². The molecule has 0 aromatic heterocycles. The molecule has 2 fully saturated rings. The summed E-state index contributed by atoms with van der Waals surface area (Å²) in [5.74, 6) is -1.14. The number of rotatable bonds is 12. The van der Waals surface area contributed by atoms with Crippen LogP contribution >= 0.6 is 33.2 Å². The van der Waals surface area contributed by atoms with Crippen molar-refractivity contribution in [3.8, 4) is 0 Å². The highest BCUT2D eigenvalue weighted by Crippen LogP contribution is 2.49. The molecule has 4 bridgehead atoms. The maximum absolute atomic E-state index is 14.2. The third-order valence-electron chi connectivity index (χ3n) is 11.2. The van der Waals surface area contributed by atoms with Gasteiger partial charge >= 0.3 is 11.9 Å². The van der Waals surface area contributed by atoms with E-state index in [0.29, 0.717) is 29.3 Å². The van der Waals surface area contributed by atoms with Crippen LogP contribution in [0.1, 0.15) is 77.3 Å². The zero-order chi connectivity index (χ0) is 42.2. The molecular weight excluding hydrogens is 794 g/mol. The number of benzene rings is 1. The first-order valence-corrected chi connectivity index (χ1v) is 22.1. The number of nitrogens with zero attached hydrogens (tertiary/aromatic N) is 2. The van der Waals surface area contributed by atoms with Gasteiger partial charge in [0.05, 0.1) is 29.7 Å². The minimum atomic E-state index is -1.57. The van der Waals surface area contributed by atoms with E-state index in [9.17, 15) is 29.1 Å². The largest absolute Gasteiger partial charge is 0.462 e. The molecule has 8 atom stereocenters. The number of fused-ring (bicyclic) bond motifs is 5. The normalized spacial score (nSPS) is 29.9. The number of aliphatic hydroxyl groups is 1. The molecule has 3 aliphatic rings. The highest BCUT2D eigenvalue weighted by atomic mass is 35.5. The molecule has 1 aromatic carbocycles. The molecular formula is C41H58ClN3O10S2. The lowest BCUT2D eigenvalue weighted by atomic mass is 9.78. The number of halogens is 1. The lowest BCUT2D eigenvalue weighted by Gasteiger charge is -2.41. The van der Waals surface area contributed by atoms with Crippen LogP contribution in [-0.2, 0) is 49.3 Å². The molecule has 3 amide bonds. The number of epoxide rings is 1. The Hall–Kier alpha value is -3.08. The van der Waals surface area contributed by atoms with Crippen LogP contribution in [0, 0.1) is 12.8 Å². The highest BCUT2D eigenvalue weighted by molar-refractivity contribution is 8.76. The van der Waals surface area contributed by atoms with E-state index in [1.807, 2.05) is 39.0 Å². The highest BCUT2D eigenvalue weighted by Gasteiger charge is 2.64. The number of carbonyl (C=O) groups excluding carboxylic acids is 5. The second-order valence-corrected chi connectivity index (χ2v) is 18.6. The van der Waals surface area contributed by atoms with Gasteiger partial charge in [0.2, 0.25) is 17.7 Å². The fourth-order valence-corrected chi connectivity index (χ4v) is 9.65. The summed E-state index contributed by atoms with van der Waals surface area (Å²) in [6, 6.07) is 2.84. The van der Waals surface area contributed by atoms with E-state index in [2.05, 4.69) is 5.32 Å². The van der Waals surface area contributed by atoms with Gasteiger partial charge in [0.1, 0.15) is 35.6 Å². The fourth-order valence-electron chi connectivity index (χ4n) is 7.35. The van der Waals surface area contributed by atoms with Gasteiger partial charge in [0, 0.05) is 64.9 Å². The van der Waals surface area contributed by atoms with E-state index in [1.165, 1.54) is 34.8 Å². The Morgan fingerprint density at radius 2 is 1.88 bits per heavy atom. The predicted molar refractivity (Wildman–Crippen MR) is 223 cm³/mol. The van der Waals surface area contributed by atoms with Gasteiger partial charge in [-0.1, -0.05) is 70.0 Å². The molecule has 57 heavy (non-hydrogen) atoms. The lowest BCUT2D eigenvalue weighted by Crippen LogP contribution is -2.53. The molecule has 0 saturated carbocycles. The van der Waals surface area contributed by atoms with Crippen molar-refractivity contribution in [2.24, 2.45) is 5.92 Å². The van der Waals surface area contributed by atoms with Gasteiger partial charge in [-0.2, -0.15) is 0 Å². The van der Waals surface area contributed by atoms with Crippen LogP contribution in [0.4, 0.5) is 5.69 Å². The van der Waals surface area contributed by atoms with Gasteiger partial charge in [-0.05, 0) is 57.7 Å². The monoisotopic (exact) mass is 851 g/mol. The Labute approximate surface area is 349 Å². The predicted octanol–water partition coefficient (Wildman–Crippen LogP) is 5.36. The summed E-state index contributed by atoms with van der Waals surface area (Å²) in [5.41, 5.74) is 0.431. The van der Waals surface area contributed by atoms with Gasteiger partial charge in [0.25, 0.3) is 0 Å². The van der Waals surface area contributed by atoms with Crippen molar-refractivity contribution >= 4 is 68.5 Å². The zero-order valence-electron chi connectivity index (χ0n) is 34.4. The fraction of sp³-hybridized carbons (Fsp3) is 0.634. The maximum Gasteiger partial charge on any atom is 0.328 e. The molecule has 0 spiro atoms. The van der Waals surface area contributed by atoms with Crippen LogP contribution in [0.2, 0.25) is 5.02 Å². The second-order valence-electron chi connectivity index (χ2n) is 15.5. The van der Waals surface area contributed by atoms with Crippen LogP contribution in [0.15, 0.2) is 35.9 Å². The molecule has 2 saturated heterocycles. The number of amides is 3. The van der Waals surface area contributed by atoms with Crippen molar-refractivity contribution in [2.75, 3.05) is 44.7 Å². The van der Waals surface area contributed by atoms with Crippen LogP contribution in [0.3, 0.4) is 0 Å². The summed E-state index contributed by atoms with van der Waals surface area (Å²) in [6.45, 7) is 8.99. The number of hydrogen-bond acceptors (Lipinski definition) is 12. The van der Waals surface area contributed by atoms with Crippen LogP contribution < -0.4 is 10.2 Å². The van der Waals surface area contributed by atoms with Crippen LogP contribution in [-0.4, -0.2) is 121 Å². The Morgan fingerprint density at radius 1 is 1.18 bits per heavy atom. The molecule has 1 aromatic rings. The number of methoxy groups -OCH3 is 1. The van der Waals surface area contributed by atoms with E-state index >= 15 is 0 Å². The number of anilines is 1. The summed E-state index contributed by atoms with van der Waals surface area (Å²) in [7, 11) is 9.36. The Morgan fingerprint density at radius 3 is 2.56 bits per heavy atom. The first kappa shape index (κ1) is 46.6. The van der Waals surface area contributed by atoms with Crippen molar-refractivity contribution in [2.45, 2.75) is 121 Å². The number of allylic oxidation sites excluding steroid dienone is 3. The molecule has 0 aliphatic carbocycles. The standard InChI is InChI=1S/C41H58ClN3O10S2/c1-24-12-10-13-31(52-9)41(51)22-30(53-36(49)23-41)26(3)38-40(5,55-38)32(21-35(48)45(8)29-20-28(18-24)19-25(2)37(29)42)54-39(50)27(4)44(7)34(47)15-17-57-56-16-11-14-33(46)43-6/h10,12-13,19-20,26-27,30-32,38,51H,11,14-18,21-23H2,1-9H3,(H,43,46)/b13-10+,24-12+/t26-,27+,30+,31-,32+,38+,40+,41-/m1/s1. The van der Waals surface area contributed by atoms with Gasteiger partial charge in [-0.25, -0.2) is 4.79 Å². The van der Waals surface area contributed by atoms with Crippen molar-refractivity contribution in [1.29, 1.82) is 0 Å². The minimum Gasteiger partial charge on any atom is -0.462 e. The molecule has 3 heterocycles. The van der Waals surface area contributed by atoms with E-state index in [4.69, 9.17) is 30.5 Å². The Balaban J connectivity index is 1.59. The number of carbonyl (C=O) groups is 5. The summed E-state index contributed by atoms with van der Waals surface area (Å²) in [6.07, 6.45) is 3.54. The van der Waals surface area contributed by atoms with Crippen molar-refractivity contribution in [3.63, 3.8) is 0 Å². The third-order valence-corrected chi connectivity index (χ3v) is 14.2. The lowest BCUT2D eigenvalue weighted by molar-refractivity contribution is -0.187. The van der Waals surface area contributed by atoms with Gasteiger partial charge < -0.3 is 39.2 Å². The number of likely N-dealkylation sites (N-methyl/N-ethyl adjacent to an activating group) is 1. The van der Waals surface area contributed by atoms with Gasteiger partial charge in [-0.15, -0.1) is 0 Å². The number of aryl methyl sites for hydroxylation is 1. The first-order chi connectivity index (χ1) is 26.8. The number of esters is 2. The molecule has 0 radical (unpaired) electrons. The van der Waals surface area contributed by atoms with Crippen molar-refractivity contribution in [3.05, 3.63) is 52.1 Å². The van der Waals surface area contributed by atoms with Crippen molar-refractivity contribution < 1.29 is 48.0 Å². The summed E-state index contributed by atoms with van der Waals surface area (Å²) in [4.78, 5) is 68.3. The number of ether oxygens (including phenoxy) is 4. The molecule has 0 unspecified atom stereocenters. The topological polar surface area (TPSA) is 164 Å². The van der Waals surface area contributed by atoms with Crippen LogP contribution in [0.5, 0.6) is 0 Å². The van der Waals surface area contributed by atoms with Gasteiger partial charge in [0.15, 0.2) is 0 Å². The van der Waals surface area contributed by atoms with E-state index < -0.39 is 59.5 Å². The molecule has 13 nitrogen and oxygen atoms in total. The van der Waals surface area contributed by atoms with Crippen LogP contribution in [0.25, 0.3) is 0 Å². The molecule has 16 heteroatoms. The number of hydrogen-bond donors (Lipinski definition) is 2. The van der Waals surface area contributed by atoms with E-state index in [-0.39, 0.29) is 43.4 Å². The average Bonchev–Trinajstić information content (AvgIpc) is 3.86. The first-order valence-electron chi connectivity index (χ1n) is 19.3. The summed E-state index contributed by atoms with van der Waals surface area (Å²) >= 11 is 6.79.